The molecule has 0 saturated carbocycles. The Kier molecular flexibility index (Phi) is 4.81. The van der Waals surface area contributed by atoms with Crippen molar-refractivity contribution in [3.63, 3.8) is 0 Å². The summed E-state index contributed by atoms with van der Waals surface area (Å²) in [6.07, 6.45) is 1.61. The van der Waals surface area contributed by atoms with Crippen LogP contribution in [0.3, 0.4) is 0 Å². The van der Waals surface area contributed by atoms with Gasteiger partial charge < -0.3 is 10.1 Å². The second-order valence-corrected chi connectivity index (χ2v) is 4.66. The van der Waals surface area contributed by atoms with E-state index in [2.05, 4.69) is 15.3 Å². The summed E-state index contributed by atoms with van der Waals surface area (Å²) in [5.41, 5.74) is 0.779. The van der Waals surface area contributed by atoms with Gasteiger partial charge in [-0.3, -0.25) is 4.79 Å². The quantitative estimate of drug-likeness (QED) is 0.858. The second-order valence-electron chi connectivity index (χ2n) is 4.66. The topological polar surface area (TPSA) is 64.1 Å². The van der Waals surface area contributed by atoms with Crippen molar-refractivity contribution in [3.05, 3.63) is 53.7 Å². The summed E-state index contributed by atoms with van der Waals surface area (Å²) in [5.74, 6) is -0.665. The number of amides is 1. The maximum atomic E-state index is 13.0. The molecule has 21 heavy (non-hydrogen) atoms. The predicted molar refractivity (Wildman–Crippen MR) is 75.4 cm³/mol. The number of hydrogen-bond donors (Lipinski definition) is 1. The van der Waals surface area contributed by atoms with E-state index in [0.29, 0.717) is 5.88 Å². The van der Waals surface area contributed by atoms with Crippen LogP contribution < -0.4 is 10.1 Å². The number of halogens is 1. The molecule has 0 radical (unpaired) electrons. The van der Waals surface area contributed by atoms with E-state index in [-0.39, 0.29) is 18.3 Å². The molecule has 0 aliphatic carbocycles. The van der Waals surface area contributed by atoms with E-state index in [0.717, 1.165) is 5.56 Å². The van der Waals surface area contributed by atoms with Crippen molar-refractivity contribution in [1.82, 2.24) is 15.3 Å². The lowest BCUT2D eigenvalue weighted by molar-refractivity contribution is 0.0944. The molecular formula is C15H16FN3O2. The van der Waals surface area contributed by atoms with E-state index < -0.39 is 11.9 Å². The fourth-order valence-electron chi connectivity index (χ4n) is 1.69. The van der Waals surface area contributed by atoms with Crippen molar-refractivity contribution in [2.45, 2.75) is 26.5 Å². The highest BCUT2D eigenvalue weighted by atomic mass is 19.1. The van der Waals surface area contributed by atoms with Gasteiger partial charge in [0, 0.05) is 18.3 Å². The minimum absolute atomic E-state index is 0.0146. The molecule has 2 heterocycles. The fraction of sp³-hybridized carbons (Fsp3) is 0.267. The van der Waals surface area contributed by atoms with Gasteiger partial charge in [-0.1, -0.05) is 12.1 Å². The molecule has 2 aromatic rings. The Balaban J connectivity index is 2.04. The molecule has 110 valence electrons. The summed E-state index contributed by atoms with van der Waals surface area (Å²) >= 11 is 0. The maximum Gasteiger partial charge on any atom is 0.270 e. The van der Waals surface area contributed by atoms with Gasteiger partial charge in [0.1, 0.15) is 5.69 Å². The van der Waals surface area contributed by atoms with Gasteiger partial charge in [0.2, 0.25) is 11.8 Å². The molecule has 2 rings (SSSR count). The first-order valence-corrected chi connectivity index (χ1v) is 6.57. The highest BCUT2D eigenvalue weighted by Gasteiger charge is 2.11. The molecule has 1 amide bonds. The third kappa shape index (κ3) is 4.24. The third-order valence-electron chi connectivity index (χ3n) is 2.58. The Hall–Kier alpha value is -2.50. The van der Waals surface area contributed by atoms with Gasteiger partial charge in [-0.2, -0.15) is 4.39 Å². The number of aromatic nitrogens is 2. The van der Waals surface area contributed by atoms with E-state index in [9.17, 15) is 9.18 Å². The van der Waals surface area contributed by atoms with E-state index >= 15 is 0 Å². The zero-order chi connectivity index (χ0) is 15.2. The largest absolute Gasteiger partial charge is 0.475 e. The van der Waals surface area contributed by atoms with Crippen LogP contribution in [0, 0.1) is 5.95 Å². The molecule has 6 heteroatoms. The molecule has 2 aromatic heterocycles. The molecule has 1 N–H and O–H groups in total. The van der Waals surface area contributed by atoms with Crippen LogP contribution in [-0.4, -0.2) is 22.0 Å². The Morgan fingerprint density at radius 2 is 2.14 bits per heavy atom. The minimum atomic E-state index is -0.687. The highest BCUT2D eigenvalue weighted by molar-refractivity contribution is 5.92. The Morgan fingerprint density at radius 3 is 2.86 bits per heavy atom. The molecule has 0 atom stereocenters. The van der Waals surface area contributed by atoms with Crippen LogP contribution in [0.1, 0.15) is 29.9 Å². The lowest BCUT2D eigenvalue weighted by atomic mass is 10.2. The van der Waals surface area contributed by atoms with Gasteiger partial charge in [0.25, 0.3) is 5.91 Å². The highest BCUT2D eigenvalue weighted by Crippen LogP contribution is 2.15. The van der Waals surface area contributed by atoms with Gasteiger partial charge in [-0.25, -0.2) is 9.97 Å². The number of carbonyl (C=O) groups excluding carboxylic acids is 1. The number of hydrogen-bond acceptors (Lipinski definition) is 4. The van der Waals surface area contributed by atoms with Gasteiger partial charge >= 0.3 is 0 Å². The SMILES string of the molecule is CC(C)Oc1ncccc1CNC(=O)c1cccc(F)n1. The monoisotopic (exact) mass is 289 g/mol. The smallest absolute Gasteiger partial charge is 0.270 e. The van der Waals surface area contributed by atoms with Gasteiger partial charge in [0.05, 0.1) is 6.10 Å². The third-order valence-corrected chi connectivity index (χ3v) is 2.58. The number of pyridine rings is 2. The number of nitrogens with one attached hydrogen (secondary N) is 1. The number of carbonyl (C=O) groups is 1. The van der Waals surface area contributed by atoms with Crippen LogP contribution in [0.4, 0.5) is 4.39 Å². The second kappa shape index (κ2) is 6.78. The normalized spacial score (nSPS) is 10.5. The molecule has 5 nitrogen and oxygen atoms in total. The first kappa shape index (κ1) is 14.9. The van der Waals surface area contributed by atoms with Crippen molar-refractivity contribution < 1.29 is 13.9 Å². The number of rotatable bonds is 5. The molecule has 0 unspecified atom stereocenters. The van der Waals surface area contributed by atoms with Crippen LogP contribution in [-0.2, 0) is 6.54 Å². The molecule has 0 saturated heterocycles. The lowest BCUT2D eigenvalue weighted by Gasteiger charge is -2.13. The standard InChI is InChI=1S/C15H16FN3O2/c1-10(2)21-15-11(5-4-8-17-15)9-18-14(20)12-6-3-7-13(16)19-12/h3-8,10H,9H2,1-2H3,(H,18,20). The average molecular weight is 289 g/mol. The predicted octanol–water partition coefficient (Wildman–Crippen LogP) is 2.33. The first-order chi connectivity index (χ1) is 10.1. The van der Waals surface area contributed by atoms with Gasteiger partial charge in [-0.15, -0.1) is 0 Å². The maximum absolute atomic E-state index is 13.0. The van der Waals surface area contributed by atoms with Crippen molar-refractivity contribution in [1.29, 1.82) is 0 Å². The van der Waals surface area contributed by atoms with E-state index in [1.54, 1.807) is 12.3 Å². The van der Waals surface area contributed by atoms with E-state index in [1.165, 1.54) is 18.2 Å². The number of ether oxygens (including phenoxy) is 1. The van der Waals surface area contributed by atoms with Crippen LogP contribution >= 0.6 is 0 Å². The molecule has 0 bridgehead atoms. The Bertz CT molecular complexity index is 632. The summed E-state index contributed by atoms with van der Waals surface area (Å²) < 4.78 is 18.5. The van der Waals surface area contributed by atoms with Crippen LogP contribution in [0.5, 0.6) is 5.88 Å². The summed E-state index contributed by atoms with van der Waals surface area (Å²) in [6, 6.07) is 7.65. The van der Waals surface area contributed by atoms with Crippen LogP contribution in [0.25, 0.3) is 0 Å². The van der Waals surface area contributed by atoms with Crippen molar-refractivity contribution in [3.8, 4) is 5.88 Å². The summed E-state index contributed by atoms with van der Waals surface area (Å²) in [7, 11) is 0. The van der Waals surface area contributed by atoms with Crippen molar-refractivity contribution in [2.75, 3.05) is 0 Å². The fourth-order valence-corrected chi connectivity index (χ4v) is 1.69. The van der Waals surface area contributed by atoms with Crippen molar-refractivity contribution >= 4 is 5.91 Å². The van der Waals surface area contributed by atoms with E-state index in [4.69, 9.17) is 4.74 Å². The zero-order valence-electron chi connectivity index (χ0n) is 11.8. The van der Waals surface area contributed by atoms with Crippen molar-refractivity contribution in [2.24, 2.45) is 0 Å². The van der Waals surface area contributed by atoms with Crippen LogP contribution in [0.15, 0.2) is 36.5 Å². The molecule has 0 fully saturated rings. The lowest BCUT2D eigenvalue weighted by Crippen LogP contribution is -2.24. The molecule has 0 aliphatic heterocycles. The summed E-state index contributed by atoms with van der Waals surface area (Å²) in [5, 5.41) is 2.67. The molecule has 0 aromatic carbocycles. The number of nitrogens with zero attached hydrogens (tertiary/aromatic N) is 2. The summed E-state index contributed by atoms with van der Waals surface area (Å²) in [6.45, 7) is 4.02. The molecule has 0 aliphatic rings. The minimum Gasteiger partial charge on any atom is -0.475 e. The Labute approximate surface area is 122 Å². The summed E-state index contributed by atoms with van der Waals surface area (Å²) in [4.78, 5) is 19.6. The van der Waals surface area contributed by atoms with Crippen LogP contribution in [0.2, 0.25) is 0 Å². The molecular weight excluding hydrogens is 273 g/mol. The Morgan fingerprint density at radius 1 is 1.33 bits per heavy atom. The van der Waals surface area contributed by atoms with E-state index in [1.807, 2.05) is 19.9 Å². The van der Waals surface area contributed by atoms with Gasteiger partial charge in [0.15, 0.2) is 0 Å². The first-order valence-electron chi connectivity index (χ1n) is 6.57. The molecule has 0 spiro atoms. The zero-order valence-corrected chi connectivity index (χ0v) is 11.8. The van der Waals surface area contributed by atoms with Gasteiger partial charge in [-0.05, 0) is 32.0 Å². The average Bonchev–Trinajstić information content (AvgIpc) is 2.45.